The van der Waals surface area contributed by atoms with E-state index in [2.05, 4.69) is 10.3 Å². The van der Waals surface area contributed by atoms with E-state index < -0.39 is 30.1 Å². The Hall–Kier alpha value is -2.55. The summed E-state index contributed by atoms with van der Waals surface area (Å²) in [7, 11) is 0. The zero-order valence-electron chi connectivity index (χ0n) is 11.1. The van der Waals surface area contributed by atoms with Gasteiger partial charge < -0.3 is 10.5 Å². The molecule has 0 aliphatic rings. The van der Waals surface area contributed by atoms with Gasteiger partial charge in [-0.2, -0.15) is 0 Å². The number of carbonyl (C=O) groups excluding carboxylic acids is 2. The Morgan fingerprint density at radius 2 is 2.14 bits per heavy atom. The molecular weight excluding hydrogens is 316 g/mol. The monoisotopic (exact) mass is 327 g/mol. The number of hydrogen-bond donors (Lipinski definition) is 2. The number of rotatable bonds is 6. The van der Waals surface area contributed by atoms with E-state index in [0.29, 0.717) is 11.8 Å². The molecule has 0 spiro atoms. The summed E-state index contributed by atoms with van der Waals surface area (Å²) < 4.78 is 31.0. The standard InChI is InChI=1S/C13H11F2N3O3S/c14-7-1-2-10(9(15)3-7)21-5-12(20)18-13-17-8(6-22-13)4-11(16)19/h1-3,6H,4-5H2,(H2,16,19)(H,17,18,20). The number of hydrogen-bond acceptors (Lipinski definition) is 5. The number of benzene rings is 1. The number of ether oxygens (including phenoxy) is 1. The SMILES string of the molecule is NC(=O)Cc1csc(NC(=O)COc2ccc(F)cc2F)n1. The van der Waals surface area contributed by atoms with Crippen molar-refractivity contribution in [3.8, 4) is 5.75 Å². The topological polar surface area (TPSA) is 94.3 Å². The van der Waals surface area contributed by atoms with Gasteiger partial charge in [0.05, 0.1) is 12.1 Å². The molecule has 2 rings (SSSR count). The number of primary amides is 1. The smallest absolute Gasteiger partial charge is 0.264 e. The van der Waals surface area contributed by atoms with Gasteiger partial charge in [-0.05, 0) is 12.1 Å². The molecule has 6 nitrogen and oxygen atoms in total. The van der Waals surface area contributed by atoms with Gasteiger partial charge in [-0.25, -0.2) is 13.8 Å². The van der Waals surface area contributed by atoms with Crippen LogP contribution in [0.1, 0.15) is 5.69 Å². The lowest BCUT2D eigenvalue weighted by molar-refractivity contribution is -0.118. The van der Waals surface area contributed by atoms with E-state index in [0.717, 1.165) is 23.5 Å². The minimum absolute atomic E-state index is 0.0241. The highest BCUT2D eigenvalue weighted by Gasteiger charge is 2.11. The Morgan fingerprint density at radius 1 is 1.36 bits per heavy atom. The highest BCUT2D eigenvalue weighted by atomic mass is 32.1. The summed E-state index contributed by atoms with van der Waals surface area (Å²) in [5.74, 6) is -2.96. The minimum Gasteiger partial charge on any atom is -0.481 e. The summed E-state index contributed by atoms with van der Waals surface area (Å²) in [6, 6.07) is 2.77. The Bertz CT molecular complexity index is 706. The molecule has 9 heteroatoms. The second kappa shape index (κ2) is 6.94. The number of amides is 2. The van der Waals surface area contributed by atoms with Crippen LogP contribution in [0.3, 0.4) is 0 Å². The summed E-state index contributed by atoms with van der Waals surface area (Å²) in [4.78, 5) is 26.4. The van der Waals surface area contributed by atoms with E-state index >= 15 is 0 Å². The van der Waals surface area contributed by atoms with Gasteiger partial charge in [-0.3, -0.25) is 14.9 Å². The molecule has 2 amide bonds. The number of nitrogens with one attached hydrogen (secondary N) is 1. The molecule has 0 saturated carbocycles. The van der Waals surface area contributed by atoms with Crippen molar-refractivity contribution in [2.24, 2.45) is 5.73 Å². The first-order chi connectivity index (χ1) is 10.4. The zero-order valence-corrected chi connectivity index (χ0v) is 12.0. The van der Waals surface area contributed by atoms with Crippen LogP contribution in [0.2, 0.25) is 0 Å². The lowest BCUT2D eigenvalue weighted by Crippen LogP contribution is -2.20. The van der Waals surface area contributed by atoms with Gasteiger partial charge in [0.2, 0.25) is 5.91 Å². The molecule has 0 bridgehead atoms. The van der Waals surface area contributed by atoms with E-state index in [-0.39, 0.29) is 17.3 Å². The Morgan fingerprint density at radius 3 is 2.82 bits per heavy atom. The first-order valence-corrected chi connectivity index (χ1v) is 6.92. The van der Waals surface area contributed by atoms with Crippen LogP contribution in [0, 0.1) is 11.6 Å². The normalized spacial score (nSPS) is 10.3. The van der Waals surface area contributed by atoms with Crippen molar-refractivity contribution >= 4 is 28.3 Å². The van der Waals surface area contributed by atoms with Gasteiger partial charge in [0, 0.05) is 11.4 Å². The summed E-state index contributed by atoms with van der Waals surface area (Å²) >= 11 is 1.12. The summed E-state index contributed by atoms with van der Waals surface area (Å²) in [6.45, 7) is -0.465. The minimum atomic E-state index is -0.897. The molecule has 0 unspecified atom stereocenters. The summed E-state index contributed by atoms with van der Waals surface area (Å²) in [6.07, 6.45) is -0.0241. The number of carbonyl (C=O) groups is 2. The second-order valence-corrected chi connectivity index (χ2v) is 5.06. The second-order valence-electron chi connectivity index (χ2n) is 4.20. The highest BCUT2D eigenvalue weighted by Crippen LogP contribution is 2.18. The lowest BCUT2D eigenvalue weighted by Gasteiger charge is -2.06. The Labute approximate surface area is 127 Å². The number of halogens is 2. The number of anilines is 1. The predicted molar refractivity (Wildman–Crippen MR) is 75.5 cm³/mol. The summed E-state index contributed by atoms with van der Waals surface area (Å²) in [5, 5.41) is 4.28. The molecule has 0 aliphatic heterocycles. The fraction of sp³-hybridized carbons (Fsp3) is 0.154. The molecule has 1 aromatic carbocycles. The molecule has 0 saturated heterocycles. The molecule has 116 valence electrons. The van der Waals surface area contributed by atoms with Crippen LogP contribution in [0.25, 0.3) is 0 Å². The van der Waals surface area contributed by atoms with Gasteiger partial charge in [-0.15, -0.1) is 11.3 Å². The zero-order chi connectivity index (χ0) is 16.1. The van der Waals surface area contributed by atoms with Crippen LogP contribution < -0.4 is 15.8 Å². The molecule has 1 aromatic heterocycles. The first kappa shape index (κ1) is 15.8. The van der Waals surface area contributed by atoms with E-state index in [1.54, 1.807) is 5.38 Å². The maximum Gasteiger partial charge on any atom is 0.264 e. The number of nitrogens with two attached hydrogens (primary N) is 1. The van der Waals surface area contributed by atoms with Crippen molar-refractivity contribution in [1.29, 1.82) is 0 Å². The molecular formula is C13H11F2N3O3S. The third-order valence-corrected chi connectivity index (χ3v) is 3.21. The van der Waals surface area contributed by atoms with Crippen molar-refractivity contribution in [2.45, 2.75) is 6.42 Å². The fourth-order valence-corrected chi connectivity index (χ4v) is 2.24. The molecule has 1 heterocycles. The van der Waals surface area contributed by atoms with Crippen molar-refractivity contribution in [1.82, 2.24) is 4.98 Å². The van der Waals surface area contributed by atoms with Gasteiger partial charge in [0.25, 0.3) is 5.91 Å². The van der Waals surface area contributed by atoms with E-state index in [4.69, 9.17) is 10.5 Å². The third kappa shape index (κ3) is 4.48. The van der Waals surface area contributed by atoms with Crippen LogP contribution in [0.15, 0.2) is 23.6 Å². The van der Waals surface area contributed by atoms with Gasteiger partial charge in [0.1, 0.15) is 5.82 Å². The molecule has 22 heavy (non-hydrogen) atoms. The van der Waals surface area contributed by atoms with Crippen molar-refractivity contribution in [3.05, 3.63) is 40.9 Å². The van der Waals surface area contributed by atoms with Crippen LogP contribution >= 0.6 is 11.3 Å². The van der Waals surface area contributed by atoms with Crippen molar-refractivity contribution in [2.75, 3.05) is 11.9 Å². The van der Waals surface area contributed by atoms with Crippen LogP contribution in [-0.4, -0.2) is 23.4 Å². The summed E-state index contributed by atoms with van der Waals surface area (Å²) in [5.41, 5.74) is 5.47. The first-order valence-electron chi connectivity index (χ1n) is 6.04. The van der Waals surface area contributed by atoms with E-state index in [9.17, 15) is 18.4 Å². The maximum atomic E-state index is 13.3. The van der Waals surface area contributed by atoms with Crippen LogP contribution in [0.5, 0.6) is 5.75 Å². The predicted octanol–water partition coefficient (Wildman–Crippen LogP) is 1.47. The molecule has 3 N–H and O–H groups in total. The fourth-order valence-electron chi connectivity index (χ4n) is 1.52. The third-order valence-electron chi connectivity index (χ3n) is 2.41. The maximum absolute atomic E-state index is 13.3. The molecule has 0 atom stereocenters. The van der Waals surface area contributed by atoms with E-state index in [1.165, 1.54) is 0 Å². The van der Waals surface area contributed by atoms with Gasteiger partial charge in [0.15, 0.2) is 23.3 Å². The Kier molecular flexibility index (Phi) is 4.99. The average Bonchev–Trinajstić information content (AvgIpc) is 2.84. The molecule has 2 aromatic rings. The lowest BCUT2D eigenvalue weighted by atomic mass is 10.3. The van der Waals surface area contributed by atoms with E-state index in [1.807, 2.05) is 0 Å². The molecule has 0 radical (unpaired) electrons. The molecule has 0 aliphatic carbocycles. The van der Waals surface area contributed by atoms with Gasteiger partial charge in [-0.1, -0.05) is 0 Å². The highest BCUT2D eigenvalue weighted by molar-refractivity contribution is 7.13. The van der Waals surface area contributed by atoms with Crippen molar-refractivity contribution < 1.29 is 23.1 Å². The molecule has 0 fully saturated rings. The van der Waals surface area contributed by atoms with Gasteiger partial charge >= 0.3 is 0 Å². The number of aromatic nitrogens is 1. The number of thiazole rings is 1. The average molecular weight is 327 g/mol. The quantitative estimate of drug-likeness (QED) is 0.840. The van der Waals surface area contributed by atoms with Crippen LogP contribution in [0.4, 0.5) is 13.9 Å². The van der Waals surface area contributed by atoms with Crippen LogP contribution in [-0.2, 0) is 16.0 Å². The largest absolute Gasteiger partial charge is 0.481 e. The number of nitrogens with zero attached hydrogens (tertiary/aromatic N) is 1. The van der Waals surface area contributed by atoms with Crippen molar-refractivity contribution in [3.63, 3.8) is 0 Å². The Balaban J connectivity index is 1.87.